The number of rotatable bonds is 4. The average molecular weight is 446 g/mol. The van der Waals surface area contributed by atoms with Crippen LogP contribution in [0.1, 0.15) is 24.0 Å². The molecule has 0 spiro atoms. The quantitative estimate of drug-likeness (QED) is 0.424. The van der Waals surface area contributed by atoms with Gasteiger partial charge in [-0.15, -0.1) is 0 Å². The number of guanidine groups is 1. The maximum absolute atomic E-state index is 12.6. The molecule has 2 rings (SSSR count). The Kier molecular flexibility index (Phi) is 7.04. The van der Waals surface area contributed by atoms with E-state index in [-0.39, 0.29) is 38.5 Å². The number of halogens is 6. The van der Waals surface area contributed by atoms with Crippen molar-refractivity contribution in [2.45, 2.75) is 37.1 Å². The molecular formula is C16H20F6N4O2S. The molecule has 0 aromatic heterocycles. The molecule has 6 nitrogen and oxygen atoms in total. The van der Waals surface area contributed by atoms with Crippen LogP contribution in [0.2, 0.25) is 0 Å². The van der Waals surface area contributed by atoms with Gasteiger partial charge in [0.2, 0.25) is 0 Å². The van der Waals surface area contributed by atoms with Gasteiger partial charge in [0.1, 0.15) is 0 Å². The Labute approximate surface area is 164 Å². The lowest BCUT2D eigenvalue weighted by molar-refractivity contribution is -0.137. The van der Waals surface area contributed by atoms with E-state index in [1.54, 1.807) is 0 Å². The summed E-state index contributed by atoms with van der Waals surface area (Å²) in [5.74, 6) is 0.307. The Hall–Kier alpha value is -2.02. The monoisotopic (exact) mass is 446 g/mol. The van der Waals surface area contributed by atoms with Gasteiger partial charge in [0.05, 0.1) is 5.56 Å². The van der Waals surface area contributed by atoms with Crippen LogP contribution >= 0.6 is 0 Å². The second-order valence-corrected chi connectivity index (χ2v) is 8.32. The zero-order chi connectivity index (χ0) is 21.9. The van der Waals surface area contributed by atoms with E-state index in [0.717, 1.165) is 12.1 Å². The van der Waals surface area contributed by atoms with Crippen LogP contribution in [-0.2, 0) is 22.7 Å². The van der Waals surface area contributed by atoms with Crippen LogP contribution in [0, 0.1) is 0 Å². The molecular weight excluding hydrogens is 426 g/mol. The highest BCUT2D eigenvalue weighted by molar-refractivity contribution is 7.90. The van der Waals surface area contributed by atoms with Gasteiger partial charge in [-0.05, 0) is 30.5 Å². The van der Waals surface area contributed by atoms with Crippen molar-refractivity contribution in [3.8, 4) is 0 Å². The van der Waals surface area contributed by atoms with Crippen molar-refractivity contribution >= 4 is 16.0 Å². The Morgan fingerprint density at radius 3 is 2.10 bits per heavy atom. The number of nitrogens with zero attached hydrogens (tertiary/aromatic N) is 2. The summed E-state index contributed by atoms with van der Waals surface area (Å²) in [5.41, 5.74) is -5.51. The number of piperidine rings is 1. The number of aliphatic imine (C=N–C) groups is 1. The summed E-state index contributed by atoms with van der Waals surface area (Å²) in [6, 6.07) is 4.27. The molecule has 164 valence electrons. The van der Waals surface area contributed by atoms with Crippen LogP contribution in [-0.4, -0.2) is 50.4 Å². The SMILES string of the molecule is CN=C(NCc1ccc(C(F)(F)F)cc1)NC1CCN(S(=O)(=O)C(F)(F)F)CC1. The Morgan fingerprint density at radius 2 is 1.66 bits per heavy atom. The number of hydrogen-bond donors (Lipinski definition) is 2. The lowest BCUT2D eigenvalue weighted by Crippen LogP contribution is -2.51. The topological polar surface area (TPSA) is 73.8 Å². The smallest absolute Gasteiger partial charge is 0.354 e. The lowest BCUT2D eigenvalue weighted by atomic mass is 10.1. The van der Waals surface area contributed by atoms with Gasteiger partial charge in [-0.2, -0.15) is 30.6 Å². The average Bonchev–Trinajstić information content (AvgIpc) is 2.64. The molecule has 1 aromatic carbocycles. The summed E-state index contributed by atoms with van der Waals surface area (Å²) in [4.78, 5) is 3.96. The molecule has 0 aliphatic carbocycles. The highest BCUT2D eigenvalue weighted by atomic mass is 32.2. The van der Waals surface area contributed by atoms with E-state index in [2.05, 4.69) is 15.6 Å². The largest absolute Gasteiger partial charge is 0.511 e. The van der Waals surface area contributed by atoms with Gasteiger partial charge in [-0.25, -0.2) is 8.42 Å². The molecule has 0 radical (unpaired) electrons. The molecule has 29 heavy (non-hydrogen) atoms. The van der Waals surface area contributed by atoms with Gasteiger partial charge in [0.25, 0.3) is 0 Å². The van der Waals surface area contributed by atoms with Crippen molar-refractivity contribution in [2.24, 2.45) is 4.99 Å². The third-order valence-corrected chi connectivity index (χ3v) is 6.02. The van der Waals surface area contributed by atoms with E-state index >= 15 is 0 Å². The molecule has 0 atom stereocenters. The molecule has 0 unspecified atom stereocenters. The highest BCUT2D eigenvalue weighted by Gasteiger charge is 2.50. The second-order valence-electron chi connectivity index (χ2n) is 6.39. The van der Waals surface area contributed by atoms with Gasteiger partial charge < -0.3 is 10.6 Å². The fourth-order valence-corrected chi connectivity index (χ4v) is 3.76. The summed E-state index contributed by atoms with van der Waals surface area (Å²) in [5, 5.41) is 5.88. The number of sulfonamides is 1. The Balaban J connectivity index is 1.86. The summed E-state index contributed by atoms with van der Waals surface area (Å²) in [6.07, 6.45) is -4.12. The summed E-state index contributed by atoms with van der Waals surface area (Å²) in [7, 11) is -3.87. The lowest BCUT2D eigenvalue weighted by Gasteiger charge is -2.32. The highest BCUT2D eigenvalue weighted by Crippen LogP contribution is 2.30. The minimum Gasteiger partial charge on any atom is -0.354 e. The minimum absolute atomic E-state index is 0.149. The third kappa shape index (κ3) is 5.98. The zero-order valence-electron chi connectivity index (χ0n) is 15.3. The predicted molar refractivity (Wildman–Crippen MR) is 94.3 cm³/mol. The molecule has 13 heteroatoms. The number of nitrogens with one attached hydrogen (secondary N) is 2. The van der Waals surface area contributed by atoms with Gasteiger partial charge >= 0.3 is 21.7 Å². The van der Waals surface area contributed by atoms with Crippen LogP contribution in [0.25, 0.3) is 0 Å². The Morgan fingerprint density at radius 1 is 1.10 bits per heavy atom. The fraction of sp³-hybridized carbons (Fsp3) is 0.562. The standard InChI is InChI=1S/C16H20F6N4O2S/c1-23-14(24-10-11-2-4-12(5-3-11)15(17,18)19)25-13-6-8-26(9-7-13)29(27,28)16(20,21)22/h2-5,13H,6-10H2,1H3,(H2,23,24,25). The molecule has 0 saturated carbocycles. The molecule has 2 N–H and O–H groups in total. The fourth-order valence-electron chi connectivity index (χ4n) is 2.77. The van der Waals surface area contributed by atoms with Gasteiger partial charge in [0.15, 0.2) is 5.96 Å². The molecule has 0 bridgehead atoms. The first-order valence-corrected chi connectivity index (χ1v) is 9.98. The first kappa shape index (κ1) is 23.3. The molecule has 1 aliphatic heterocycles. The maximum Gasteiger partial charge on any atom is 0.511 e. The molecule has 1 aromatic rings. The van der Waals surface area contributed by atoms with E-state index in [1.807, 2.05) is 0 Å². The maximum atomic E-state index is 12.6. The summed E-state index contributed by atoms with van der Waals surface area (Å²) < 4.78 is 98.7. The van der Waals surface area contributed by atoms with E-state index < -0.39 is 27.3 Å². The number of alkyl halides is 6. The van der Waals surface area contributed by atoms with E-state index in [1.165, 1.54) is 19.2 Å². The van der Waals surface area contributed by atoms with Crippen molar-refractivity contribution < 1.29 is 34.8 Å². The van der Waals surface area contributed by atoms with Crippen molar-refractivity contribution in [2.75, 3.05) is 20.1 Å². The molecule has 1 heterocycles. The van der Waals surface area contributed by atoms with E-state index in [0.29, 0.717) is 15.8 Å². The van der Waals surface area contributed by atoms with Crippen LogP contribution in [0.5, 0.6) is 0 Å². The third-order valence-electron chi connectivity index (χ3n) is 4.39. The van der Waals surface area contributed by atoms with Gasteiger partial charge in [0, 0.05) is 32.7 Å². The van der Waals surface area contributed by atoms with Crippen LogP contribution in [0.4, 0.5) is 26.3 Å². The van der Waals surface area contributed by atoms with E-state index in [4.69, 9.17) is 0 Å². The van der Waals surface area contributed by atoms with Crippen LogP contribution in [0.3, 0.4) is 0 Å². The molecule has 1 saturated heterocycles. The van der Waals surface area contributed by atoms with Gasteiger partial charge in [-0.3, -0.25) is 4.99 Å². The second kappa shape index (κ2) is 8.78. The van der Waals surface area contributed by atoms with E-state index in [9.17, 15) is 34.8 Å². The summed E-state index contributed by atoms with van der Waals surface area (Å²) in [6.45, 7) is -0.385. The van der Waals surface area contributed by atoms with Crippen molar-refractivity contribution in [1.29, 1.82) is 0 Å². The molecule has 0 amide bonds. The molecule has 1 aliphatic rings. The summed E-state index contributed by atoms with van der Waals surface area (Å²) >= 11 is 0. The number of benzene rings is 1. The number of hydrogen-bond acceptors (Lipinski definition) is 3. The van der Waals surface area contributed by atoms with Crippen LogP contribution in [0.15, 0.2) is 29.3 Å². The van der Waals surface area contributed by atoms with Crippen molar-refractivity contribution in [3.05, 3.63) is 35.4 Å². The molecule has 1 fully saturated rings. The Bertz CT molecular complexity index is 813. The minimum atomic E-state index is -5.34. The zero-order valence-corrected chi connectivity index (χ0v) is 16.1. The van der Waals surface area contributed by atoms with Crippen molar-refractivity contribution in [3.63, 3.8) is 0 Å². The first-order valence-electron chi connectivity index (χ1n) is 8.54. The van der Waals surface area contributed by atoms with Gasteiger partial charge in [-0.1, -0.05) is 12.1 Å². The first-order chi connectivity index (χ1) is 13.3. The normalized spacial score (nSPS) is 18.0. The van der Waals surface area contributed by atoms with Crippen molar-refractivity contribution in [1.82, 2.24) is 14.9 Å². The van der Waals surface area contributed by atoms with Crippen LogP contribution < -0.4 is 10.6 Å². The predicted octanol–water partition coefficient (Wildman–Crippen LogP) is 2.68.